The summed E-state index contributed by atoms with van der Waals surface area (Å²) in [6.07, 6.45) is -2.52. The Hall–Kier alpha value is -3.26. The molecule has 0 aromatic rings. The molecule has 0 aromatic heterocycles. The summed E-state index contributed by atoms with van der Waals surface area (Å²) >= 11 is 0. The maximum Gasteiger partial charge on any atom is 0.328 e. The van der Waals surface area contributed by atoms with E-state index in [4.69, 9.17) is 21.7 Å². The van der Waals surface area contributed by atoms with Crippen LogP contribution < -0.4 is 27.4 Å². The van der Waals surface area contributed by atoms with Gasteiger partial charge in [0.1, 0.15) is 12.1 Å². The summed E-state index contributed by atoms with van der Waals surface area (Å²) in [5, 5.41) is 34.0. The van der Waals surface area contributed by atoms with E-state index in [1.165, 1.54) is 0 Å². The summed E-state index contributed by atoms with van der Waals surface area (Å²) in [6.45, 7) is 4.63. The number of aliphatic carboxylic acids is 2. The zero-order valence-electron chi connectivity index (χ0n) is 18.7. The first kappa shape index (κ1) is 29.7. The number of nitrogens with two attached hydrogens (primary N) is 2. The fraction of sp³-hybridized carbons (Fsp3) is 0.684. The lowest BCUT2D eigenvalue weighted by atomic mass is 9.98. The number of primary amides is 1. The van der Waals surface area contributed by atoms with E-state index in [0.29, 0.717) is 6.42 Å². The van der Waals surface area contributed by atoms with Crippen LogP contribution in [0.25, 0.3) is 0 Å². The van der Waals surface area contributed by atoms with Gasteiger partial charge in [0, 0.05) is 6.42 Å². The summed E-state index contributed by atoms with van der Waals surface area (Å²) < 4.78 is 0. The van der Waals surface area contributed by atoms with E-state index in [-0.39, 0.29) is 12.3 Å². The number of aliphatic hydroxyl groups excluding tert-OH is 1. The minimum Gasteiger partial charge on any atom is -0.481 e. The Morgan fingerprint density at radius 1 is 0.879 bits per heavy atom. The molecule has 10 N–H and O–H groups in total. The number of carbonyl (C=O) groups is 6. The van der Waals surface area contributed by atoms with Crippen molar-refractivity contribution >= 4 is 35.6 Å². The molecule has 14 nitrogen and oxygen atoms in total. The second-order valence-electron chi connectivity index (χ2n) is 7.70. The molecule has 0 spiro atoms. The van der Waals surface area contributed by atoms with Gasteiger partial charge in [0.05, 0.1) is 18.6 Å². The maximum atomic E-state index is 12.7. The number of amides is 4. The largest absolute Gasteiger partial charge is 0.481 e. The van der Waals surface area contributed by atoms with Crippen LogP contribution in [-0.4, -0.2) is 81.2 Å². The molecule has 0 aromatic carbocycles. The van der Waals surface area contributed by atoms with Gasteiger partial charge in [-0.25, -0.2) is 4.79 Å². The molecule has 4 amide bonds. The molecule has 0 rings (SSSR count). The van der Waals surface area contributed by atoms with Gasteiger partial charge in [0.15, 0.2) is 6.04 Å². The molecular weight excluding hydrogens is 442 g/mol. The van der Waals surface area contributed by atoms with Crippen molar-refractivity contribution in [2.45, 2.75) is 76.7 Å². The Morgan fingerprint density at radius 3 is 1.82 bits per heavy atom. The van der Waals surface area contributed by atoms with E-state index in [0.717, 1.165) is 6.92 Å². The second-order valence-corrected chi connectivity index (χ2v) is 7.70. The maximum absolute atomic E-state index is 12.7. The van der Waals surface area contributed by atoms with Crippen LogP contribution in [0.1, 0.15) is 46.5 Å². The Balaban J connectivity index is 5.62. The number of carbonyl (C=O) groups excluding carboxylic acids is 4. The number of hydrogen-bond donors (Lipinski definition) is 8. The van der Waals surface area contributed by atoms with Crippen LogP contribution in [0.5, 0.6) is 0 Å². The van der Waals surface area contributed by atoms with E-state index in [9.17, 15) is 33.9 Å². The van der Waals surface area contributed by atoms with Crippen LogP contribution in [0.3, 0.4) is 0 Å². The summed E-state index contributed by atoms with van der Waals surface area (Å²) in [6, 6.07) is -5.79. The first-order chi connectivity index (χ1) is 15.2. The third-order valence-corrected chi connectivity index (χ3v) is 4.92. The SMILES string of the molecule is CCC(C)C(N)C(=O)NC(CCC(=O)O)C(=O)NC(CC(N)=O)C(=O)NC(C(=O)O)C(C)O. The van der Waals surface area contributed by atoms with Crippen LogP contribution in [0.2, 0.25) is 0 Å². The molecule has 6 atom stereocenters. The molecule has 0 saturated heterocycles. The minimum absolute atomic E-state index is 0.241. The van der Waals surface area contributed by atoms with E-state index in [1.54, 1.807) is 13.8 Å². The molecule has 33 heavy (non-hydrogen) atoms. The Labute approximate surface area is 190 Å². The van der Waals surface area contributed by atoms with E-state index < -0.39 is 78.7 Å². The molecule has 0 saturated carbocycles. The molecule has 14 heteroatoms. The van der Waals surface area contributed by atoms with Crippen molar-refractivity contribution in [2.24, 2.45) is 17.4 Å². The van der Waals surface area contributed by atoms with Crippen LogP contribution in [0.4, 0.5) is 0 Å². The summed E-state index contributed by atoms with van der Waals surface area (Å²) in [7, 11) is 0. The van der Waals surface area contributed by atoms with E-state index in [2.05, 4.69) is 10.6 Å². The molecule has 0 bridgehead atoms. The standard InChI is InChI=1S/C19H33N5O9/c1-4-8(2)14(21)18(31)22-10(5-6-13(27)28)16(29)23-11(7-12(20)26)17(30)24-15(9(3)25)19(32)33/h8-11,14-15,25H,4-7,21H2,1-3H3,(H2,20,26)(H,22,31)(H,23,29)(H,24,30)(H,27,28)(H,32,33). The Morgan fingerprint density at radius 2 is 1.39 bits per heavy atom. The highest BCUT2D eigenvalue weighted by Gasteiger charge is 2.33. The predicted octanol–water partition coefficient (Wildman–Crippen LogP) is -2.98. The van der Waals surface area contributed by atoms with Gasteiger partial charge in [-0.05, 0) is 19.3 Å². The van der Waals surface area contributed by atoms with Crippen molar-refractivity contribution in [3.05, 3.63) is 0 Å². The smallest absolute Gasteiger partial charge is 0.328 e. The fourth-order valence-corrected chi connectivity index (χ4v) is 2.64. The third kappa shape index (κ3) is 10.7. The zero-order valence-corrected chi connectivity index (χ0v) is 18.7. The average molecular weight is 475 g/mol. The normalized spacial score (nSPS) is 16.3. The molecule has 6 unspecified atom stereocenters. The quantitative estimate of drug-likeness (QED) is 0.119. The van der Waals surface area contributed by atoms with Gasteiger partial charge in [-0.15, -0.1) is 0 Å². The number of aliphatic hydroxyl groups is 1. The number of nitrogens with one attached hydrogen (secondary N) is 3. The summed E-state index contributed by atoms with van der Waals surface area (Å²) in [4.78, 5) is 71.1. The lowest BCUT2D eigenvalue weighted by molar-refractivity contribution is -0.145. The third-order valence-electron chi connectivity index (χ3n) is 4.92. The number of carboxylic acids is 2. The van der Waals surface area contributed by atoms with Crippen LogP contribution in [-0.2, 0) is 28.8 Å². The highest BCUT2D eigenvalue weighted by atomic mass is 16.4. The van der Waals surface area contributed by atoms with Crippen LogP contribution in [0, 0.1) is 5.92 Å². The number of carboxylic acid groups (broad SMARTS) is 2. The van der Waals surface area contributed by atoms with Gasteiger partial charge in [-0.1, -0.05) is 20.3 Å². The second kappa shape index (κ2) is 14.0. The van der Waals surface area contributed by atoms with E-state index >= 15 is 0 Å². The average Bonchev–Trinajstić information content (AvgIpc) is 2.71. The molecule has 0 aliphatic heterocycles. The molecule has 0 aliphatic rings. The van der Waals surface area contributed by atoms with Gasteiger partial charge in [-0.3, -0.25) is 24.0 Å². The topological polar surface area (TPSA) is 251 Å². The molecular formula is C19H33N5O9. The lowest BCUT2D eigenvalue weighted by Crippen LogP contribution is -2.59. The van der Waals surface area contributed by atoms with Crippen molar-refractivity contribution in [1.29, 1.82) is 0 Å². The van der Waals surface area contributed by atoms with Crippen molar-refractivity contribution < 1.29 is 44.1 Å². The Bertz CT molecular complexity index is 743. The number of hydrogen-bond acceptors (Lipinski definition) is 8. The first-order valence-electron chi connectivity index (χ1n) is 10.3. The number of rotatable bonds is 15. The highest BCUT2D eigenvalue weighted by molar-refractivity contribution is 5.96. The molecule has 0 fully saturated rings. The zero-order chi connectivity index (χ0) is 25.9. The lowest BCUT2D eigenvalue weighted by Gasteiger charge is -2.26. The van der Waals surface area contributed by atoms with E-state index in [1.807, 2.05) is 5.32 Å². The van der Waals surface area contributed by atoms with Gasteiger partial charge in [0.25, 0.3) is 0 Å². The Kier molecular flexibility index (Phi) is 12.6. The van der Waals surface area contributed by atoms with Gasteiger partial charge in [0.2, 0.25) is 23.6 Å². The molecule has 0 aliphatic carbocycles. The van der Waals surface area contributed by atoms with Crippen LogP contribution in [0.15, 0.2) is 0 Å². The van der Waals surface area contributed by atoms with Gasteiger partial charge < -0.3 is 42.7 Å². The summed E-state index contributed by atoms with van der Waals surface area (Å²) in [5.41, 5.74) is 10.9. The van der Waals surface area contributed by atoms with Crippen molar-refractivity contribution in [1.82, 2.24) is 16.0 Å². The van der Waals surface area contributed by atoms with Crippen LogP contribution >= 0.6 is 0 Å². The first-order valence-corrected chi connectivity index (χ1v) is 10.3. The highest BCUT2D eigenvalue weighted by Crippen LogP contribution is 2.08. The van der Waals surface area contributed by atoms with Gasteiger partial charge >= 0.3 is 11.9 Å². The van der Waals surface area contributed by atoms with Crippen molar-refractivity contribution in [2.75, 3.05) is 0 Å². The van der Waals surface area contributed by atoms with Gasteiger partial charge in [-0.2, -0.15) is 0 Å². The molecule has 0 radical (unpaired) electrons. The summed E-state index contributed by atoms with van der Waals surface area (Å²) in [5.74, 6) is -6.92. The predicted molar refractivity (Wildman–Crippen MR) is 113 cm³/mol. The minimum atomic E-state index is -1.74. The fourth-order valence-electron chi connectivity index (χ4n) is 2.64. The van der Waals surface area contributed by atoms with Crippen molar-refractivity contribution in [3.63, 3.8) is 0 Å². The monoisotopic (exact) mass is 475 g/mol. The van der Waals surface area contributed by atoms with Crippen molar-refractivity contribution in [3.8, 4) is 0 Å². The molecule has 188 valence electrons. The molecule has 0 heterocycles.